The number of amides is 1. The second-order valence-corrected chi connectivity index (χ2v) is 15.2. The average molecular weight is 820 g/mol. The van der Waals surface area contributed by atoms with Gasteiger partial charge < -0.3 is 15.4 Å². The summed E-state index contributed by atoms with van der Waals surface area (Å²) in [5.74, 6) is -3.58. The summed E-state index contributed by atoms with van der Waals surface area (Å²) in [5, 5.41) is 9.00. The lowest BCUT2D eigenvalue weighted by atomic mass is 9.85. The number of aromatic nitrogens is 2. The highest BCUT2D eigenvalue weighted by atomic mass is 31.2. The van der Waals surface area contributed by atoms with Crippen LogP contribution in [0, 0.1) is 11.8 Å². The van der Waals surface area contributed by atoms with Crippen molar-refractivity contribution >= 4 is 54.4 Å². The van der Waals surface area contributed by atoms with Gasteiger partial charge >= 0.3 is 13.8 Å². The van der Waals surface area contributed by atoms with E-state index in [-0.39, 0.29) is 56.3 Å². The number of likely N-dealkylation sites (tertiary alicyclic amines) is 1. The number of ether oxygens (including phenoxy) is 1. The number of carbonyl (C=O) groups is 4. The molecule has 3 heterocycles. The van der Waals surface area contributed by atoms with E-state index in [4.69, 9.17) is 18.3 Å². The van der Waals surface area contributed by atoms with Gasteiger partial charge in [-0.05, 0) is 84.2 Å². The quantitative estimate of drug-likeness (QED) is 0.0431. The van der Waals surface area contributed by atoms with Crippen LogP contribution in [0.15, 0.2) is 78.5 Å². The first-order valence-electron chi connectivity index (χ1n) is 19.2. The zero-order valence-electron chi connectivity index (χ0n) is 34.0. The maximum atomic E-state index is 14.3. The van der Waals surface area contributed by atoms with Gasteiger partial charge in [-0.3, -0.25) is 43.0 Å². The number of phosphoric acid groups is 1. The van der Waals surface area contributed by atoms with Gasteiger partial charge in [0, 0.05) is 23.8 Å². The average Bonchev–Trinajstić information content (AvgIpc) is 3.47. The van der Waals surface area contributed by atoms with E-state index in [0.717, 1.165) is 11.3 Å². The molecule has 1 aromatic carbocycles. The van der Waals surface area contributed by atoms with Crippen molar-refractivity contribution in [2.75, 3.05) is 38.3 Å². The van der Waals surface area contributed by atoms with Gasteiger partial charge in [-0.15, -0.1) is 0 Å². The fourth-order valence-corrected chi connectivity index (χ4v) is 7.96. The van der Waals surface area contributed by atoms with E-state index in [1.165, 1.54) is 13.8 Å². The van der Waals surface area contributed by atoms with Crippen molar-refractivity contribution in [2.45, 2.75) is 73.0 Å². The van der Waals surface area contributed by atoms with Crippen LogP contribution in [-0.2, 0) is 43.8 Å². The Labute approximate surface area is 339 Å². The van der Waals surface area contributed by atoms with Gasteiger partial charge in [-0.1, -0.05) is 37.5 Å². The van der Waals surface area contributed by atoms with Crippen molar-refractivity contribution in [3.05, 3.63) is 90.4 Å². The van der Waals surface area contributed by atoms with Crippen molar-refractivity contribution in [3.63, 3.8) is 0 Å². The Morgan fingerprint density at radius 1 is 1.02 bits per heavy atom. The molecule has 58 heavy (non-hydrogen) atoms. The Balaban J connectivity index is 1.52. The van der Waals surface area contributed by atoms with E-state index in [2.05, 4.69) is 44.1 Å². The van der Waals surface area contributed by atoms with Crippen LogP contribution in [0.1, 0.15) is 76.1 Å². The van der Waals surface area contributed by atoms with E-state index < -0.39 is 43.6 Å². The molecule has 4 atom stereocenters. The highest BCUT2D eigenvalue weighted by molar-refractivity contribution is 7.48. The normalized spacial score (nSPS) is 19.6. The van der Waals surface area contributed by atoms with Crippen molar-refractivity contribution in [3.8, 4) is 0 Å². The largest absolute Gasteiger partial charge is 0.474 e. The number of anilines is 1. The predicted molar refractivity (Wildman–Crippen MR) is 221 cm³/mol. The molecule has 4 unspecified atom stereocenters. The molecule has 1 saturated heterocycles. The molecule has 0 radical (unpaired) electrons. The number of ketones is 2. The van der Waals surface area contributed by atoms with Gasteiger partial charge in [-0.25, -0.2) is 14.5 Å². The maximum Gasteiger partial charge on any atom is 0.474 e. The van der Waals surface area contributed by atoms with Crippen LogP contribution in [0.3, 0.4) is 0 Å². The third-order valence-electron chi connectivity index (χ3n) is 9.39. The summed E-state index contributed by atoms with van der Waals surface area (Å²) in [6.07, 6.45) is 9.48. The van der Waals surface area contributed by atoms with Crippen molar-refractivity contribution in [1.29, 1.82) is 0 Å². The molecule has 17 heteroatoms. The van der Waals surface area contributed by atoms with Gasteiger partial charge in [-0.2, -0.15) is 4.99 Å². The van der Waals surface area contributed by atoms with Crippen LogP contribution in [0.5, 0.6) is 0 Å². The van der Waals surface area contributed by atoms with Gasteiger partial charge in [0.2, 0.25) is 11.9 Å². The van der Waals surface area contributed by atoms with Crippen LogP contribution < -0.4 is 16.0 Å². The minimum absolute atomic E-state index is 0.00584. The lowest BCUT2D eigenvalue weighted by Crippen LogP contribution is -2.50. The number of fused-ring (bicyclic) bond motifs is 1. The molecule has 0 saturated carbocycles. The number of phosphoric ester groups is 1. The molecule has 2 aliphatic heterocycles. The molecular weight excluding hydrogens is 765 g/mol. The highest BCUT2D eigenvalue weighted by Gasteiger charge is 2.56. The first-order chi connectivity index (χ1) is 27.7. The summed E-state index contributed by atoms with van der Waals surface area (Å²) >= 11 is 0. The number of nitrogens with zero attached hydrogens (tertiary/aromatic N) is 4. The number of hydrogen-bond donors (Lipinski definition) is 3. The number of esters is 1. The van der Waals surface area contributed by atoms with Crippen molar-refractivity contribution < 1.29 is 42.1 Å². The minimum atomic E-state index is -3.68. The minimum Gasteiger partial charge on any atom is -0.465 e. The fraction of sp³-hybridized carbons (Fsp3) is 0.439. The summed E-state index contributed by atoms with van der Waals surface area (Å²) in [6.45, 7) is 18.7. The second kappa shape index (κ2) is 21.6. The number of Topliss-reactive ketones (excluding diaryl/α,β-unsaturated/α-hetero) is 2. The Bertz CT molecular complexity index is 1970. The number of rotatable bonds is 21. The Kier molecular flexibility index (Phi) is 17.0. The highest BCUT2D eigenvalue weighted by Crippen LogP contribution is 2.49. The van der Waals surface area contributed by atoms with Gasteiger partial charge in [0.1, 0.15) is 11.5 Å². The van der Waals surface area contributed by atoms with Crippen LogP contribution in [0.4, 0.5) is 11.5 Å². The van der Waals surface area contributed by atoms with Crippen LogP contribution >= 0.6 is 7.82 Å². The Morgan fingerprint density at radius 3 is 2.33 bits per heavy atom. The first-order valence-corrected chi connectivity index (χ1v) is 20.7. The van der Waals surface area contributed by atoms with Gasteiger partial charge in [0.25, 0.3) is 0 Å². The molecular formula is C41H54N7O9P. The monoisotopic (exact) mass is 819 g/mol. The summed E-state index contributed by atoms with van der Waals surface area (Å²) in [6, 6.07) is 5.50. The number of allylic oxidation sites excluding steroid dienone is 3. The molecule has 312 valence electrons. The molecule has 2 aromatic rings. The molecule has 1 aromatic heterocycles. The number of carbonyl (C=O) groups excluding carboxylic acids is 4. The fourth-order valence-electron chi connectivity index (χ4n) is 6.76. The summed E-state index contributed by atoms with van der Waals surface area (Å²) in [4.78, 5) is 68.7. The van der Waals surface area contributed by atoms with E-state index >= 15 is 0 Å². The van der Waals surface area contributed by atoms with E-state index in [9.17, 15) is 23.7 Å². The molecule has 0 bridgehead atoms. The van der Waals surface area contributed by atoms with Crippen LogP contribution in [0.25, 0.3) is 5.70 Å². The zero-order valence-corrected chi connectivity index (χ0v) is 34.9. The molecule has 0 spiro atoms. The number of hydrogen-bond acceptors (Lipinski definition) is 15. The van der Waals surface area contributed by atoms with Crippen molar-refractivity contribution in [2.24, 2.45) is 16.8 Å². The number of nitrogens with one attached hydrogen (secondary N) is 3. The standard InChI is InChI=1S/C41H54N7O9P/c1-9-15-30(16-10-2)25-48-27(6)34(40(52)54-21-13-14-22-57-58(53,55-11-3)56-12-4)35(37(48)29(8)50)39(51)47-41-44-26(5)36-38(46-41)43-24-33(45-36)23-42-32-19-17-31(18-20-32)28(7)49/h9-10,15-20,24,27,34-35,37,42H,1,5,11-14,21-23,25H2,2-4,6-8H3,(H2,43,44,46,47,51)/b16-10-,30-15+. The van der Waals surface area contributed by atoms with E-state index in [0.29, 0.717) is 42.0 Å². The Morgan fingerprint density at radius 2 is 1.71 bits per heavy atom. The van der Waals surface area contributed by atoms with Gasteiger partial charge in [0.15, 0.2) is 11.6 Å². The van der Waals surface area contributed by atoms with E-state index in [1.807, 2.05) is 30.1 Å². The predicted octanol–water partition coefficient (Wildman–Crippen LogP) is 6.07. The lowest BCUT2D eigenvalue weighted by molar-refractivity contribution is -0.153. The molecule has 16 nitrogen and oxygen atoms in total. The molecule has 3 N–H and O–H groups in total. The zero-order chi connectivity index (χ0) is 42.4. The number of benzene rings is 1. The third kappa shape index (κ3) is 12.0. The number of aliphatic imine (C=N–C) groups is 1. The first kappa shape index (κ1) is 45.6. The van der Waals surface area contributed by atoms with E-state index in [1.54, 1.807) is 57.3 Å². The van der Waals surface area contributed by atoms with Crippen molar-refractivity contribution in [1.82, 2.24) is 25.5 Å². The topological polar surface area (TPSA) is 200 Å². The molecule has 1 amide bonds. The SMILES string of the molecule is C=C/C=C(\C=C/C)CN1C(C)C(C(=O)OCCCCOP(=O)(OCC)OCC)C(C(=O)NC2=Nc3ncc(CNc4ccc(C(C)=O)cc4)nc3C(=C)N2)C1C(C)=O. The van der Waals surface area contributed by atoms with Crippen LogP contribution in [0.2, 0.25) is 0 Å². The molecule has 2 aliphatic rings. The molecule has 4 rings (SSSR count). The Hall–Kier alpha value is -5.12. The maximum absolute atomic E-state index is 14.3. The smallest absolute Gasteiger partial charge is 0.465 e. The summed E-state index contributed by atoms with van der Waals surface area (Å²) < 4.78 is 34.0. The summed E-state index contributed by atoms with van der Waals surface area (Å²) in [7, 11) is -3.68. The van der Waals surface area contributed by atoms with Crippen LogP contribution in [-0.4, -0.2) is 89.3 Å². The third-order valence-corrected chi connectivity index (χ3v) is 11.0. The second-order valence-electron chi connectivity index (χ2n) is 13.6. The molecule has 1 fully saturated rings. The number of guanidine groups is 1. The summed E-state index contributed by atoms with van der Waals surface area (Å²) in [5.41, 5.74) is 3.53. The number of unbranched alkanes of at least 4 members (excludes halogenated alkanes) is 1. The molecule has 0 aliphatic carbocycles. The lowest BCUT2D eigenvalue weighted by Gasteiger charge is -2.28. The van der Waals surface area contributed by atoms with Gasteiger partial charge in [0.05, 0.1) is 68.4 Å².